The summed E-state index contributed by atoms with van der Waals surface area (Å²) >= 11 is 0. The van der Waals surface area contributed by atoms with Crippen molar-refractivity contribution in [2.45, 2.75) is 12.5 Å². The number of carbonyl (C=O) groups is 8. The molecule has 0 spiro atoms. The van der Waals surface area contributed by atoms with E-state index in [4.69, 9.17) is 20.4 Å². The molecule has 0 saturated heterocycles. The normalized spacial score (nSPS) is 12.8. The van der Waals surface area contributed by atoms with Crippen LogP contribution in [0.5, 0.6) is 0 Å². The first kappa shape index (κ1) is 37.5. The molecule has 0 rings (SSSR count). The minimum absolute atomic E-state index is 0.517. The Kier molecular flexibility index (Phi) is 16.8. The zero-order valence-corrected chi connectivity index (χ0v) is 21.7. The molecule has 0 saturated carbocycles. The van der Waals surface area contributed by atoms with E-state index in [1.54, 1.807) is 0 Å². The van der Waals surface area contributed by atoms with Gasteiger partial charge < -0.3 is 40.9 Å². The lowest BCUT2D eigenvalue weighted by Crippen LogP contribution is -2.53. The lowest BCUT2D eigenvalue weighted by molar-refractivity contribution is -0.382. The number of hydrogen-bond donors (Lipinski definition) is 8. The number of hydrogen-bond acceptors (Lipinski definition) is 14. The summed E-state index contributed by atoms with van der Waals surface area (Å²) in [5.41, 5.74) is 0. The van der Waals surface area contributed by atoms with E-state index in [0.29, 0.717) is 9.80 Å². The highest BCUT2D eigenvalue weighted by Crippen LogP contribution is 2.10. The standard InChI is InChI=1S/C20H30N4O18/c25-11(26)5-21(6-12(27)28)1-3-23(9-15(33)34)17(19(37)38)41-42-18(20(39)40)24(10-16(35)36)4-2-22(7-13(29)30)8-14(31)32/h17-18H,1-10H2,(H,25,26)(H,27,28)(H,29,30)(H,31,32)(H,33,34)(H,35,36)(H,37,38)(H,39,40). The van der Waals surface area contributed by atoms with Gasteiger partial charge in [0, 0.05) is 26.2 Å². The molecule has 42 heavy (non-hydrogen) atoms. The number of nitrogens with zero attached hydrogens (tertiary/aromatic N) is 4. The number of rotatable bonds is 25. The third-order valence-electron chi connectivity index (χ3n) is 4.84. The molecular weight excluding hydrogens is 584 g/mol. The van der Waals surface area contributed by atoms with Crippen LogP contribution in [0.25, 0.3) is 0 Å². The minimum Gasteiger partial charge on any atom is -0.480 e. The SMILES string of the molecule is O=C(O)CN(CCN(CC(=O)O)C(OOC(C(=O)O)N(CCN(CC(=O)O)CC(=O)O)CC(=O)O)C(=O)O)CC(=O)O. The van der Waals surface area contributed by atoms with E-state index < -0.39 is 126 Å². The molecule has 22 nitrogen and oxygen atoms in total. The average molecular weight is 614 g/mol. The minimum atomic E-state index is -2.40. The lowest BCUT2D eigenvalue weighted by atomic mass is 10.3. The van der Waals surface area contributed by atoms with Crippen molar-refractivity contribution in [2.24, 2.45) is 0 Å². The van der Waals surface area contributed by atoms with Crippen LogP contribution in [0.1, 0.15) is 0 Å². The molecule has 238 valence electrons. The van der Waals surface area contributed by atoms with E-state index in [9.17, 15) is 58.8 Å². The van der Waals surface area contributed by atoms with E-state index in [1.807, 2.05) is 0 Å². The molecule has 22 heteroatoms. The van der Waals surface area contributed by atoms with Gasteiger partial charge in [0.1, 0.15) is 0 Å². The second-order valence-electron chi connectivity index (χ2n) is 8.30. The summed E-state index contributed by atoms with van der Waals surface area (Å²) in [7, 11) is 0. The second kappa shape index (κ2) is 18.8. The van der Waals surface area contributed by atoms with Gasteiger partial charge in [0.05, 0.1) is 39.3 Å². The summed E-state index contributed by atoms with van der Waals surface area (Å²) in [4.78, 5) is 102. The Labute approximate surface area is 235 Å². The molecule has 2 atom stereocenters. The van der Waals surface area contributed by atoms with Gasteiger partial charge in [0.15, 0.2) is 0 Å². The van der Waals surface area contributed by atoms with Crippen molar-refractivity contribution in [3.05, 3.63) is 0 Å². The van der Waals surface area contributed by atoms with Gasteiger partial charge in [0.2, 0.25) is 12.5 Å². The van der Waals surface area contributed by atoms with Gasteiger partial charge in [-0.2, -0.15) is 0 Å². The van der Waals surface area contributed by atoms with Crippen LogP contribution in [0, 0.1) is 0 Å². The van der Waals surface area contributed by atoms with Crippen LogP contribution in [0.15, 0.2) is 0 Å². The maximum Gasteiger partial charge on any atom is 0.351 e. The van der Waals surface area contributed by atoms with E-state index in [2.05, 4.69) is 9.78 Å². The zero-order chi connectivity index (χ0) is 32.6. The van der Waals surface area contributed by atoms with E-state index in [1.165, 1.54) is 0 Å². The summed E-state index contributed by atoms with van der Waals surface area (Å²) in [6.07, 6.45) is -4.80. The fourth-order valence-corrected chi connectivity index (χ4v) is 3.26. The quantitative estimate of drug-likeness (QED) is 0.0272. The molecule has 0 aliphatic rings. The second-order valence-corrected chi connectivity index (χ2v) is 8.30. The van der Waals surface area contributed by atoms with E-state index >= 15 is 0 Å². The fraction of sp³-hybridized carbons (Fsp3) is 0.600. The van der Waals surface area contributed by atoms with Crippen molar-refractivity contribution in [3.8, 4) is 0 Å². The predicted molar refractivity (Wildman–Crippen MR) is 127 cm³/mol. The Morgan fingerprint density at radius 3 is 0.833 bits per heavy atom. The highest BCUT2D eigenvalue weighted by Gasteiger charge is 2.35. The van der Waals surface area contributed by atoms with E-state index in [-0.39, 0.29) is 0 Å². The molecule has 8 N–H and O–H groups in total. The molecule has 0 aliphatic carbocycles. The molecule has 0 bridgehead atoms. The fourth-order valence-electron chi connectivity index (χ4n) is 3.26. The van der Waals surface area contributed by atoms with Gasteiger partial charge in [-0.05, 0) is 0 Å². The van der Waals surface area contributed by atoms with Gasteiger partial charge in [0.25, 0.3) is 0 Å². The Morgan fingerprint density at radius 2 is 0.643 bits per heavy atom. The van der Waals surface area contributed by atoms with Crippen molar-refractivity contribution < 1.29 is 89.0 Å². The van der Waals surface area contributed by atoms with Crippen LogP contribution in [-0.4, -0.2) is 186 Å². The largest absolute Gasteiger partial charge is 0.480 e. The molecule has 0 heterocycles. The van der Waals surface area contributed by atoms with Gasteiger partial charge >= 0.3 is 47.8 Å². The van der Waals surface area contributed by atoms with Crippen molar-refractivity contribution >= 4 is 47.8 Å². The maximum atomic E-state index is 11.9. The van der Waals surface area contributed by atoms with Crippen LogP contribution in [-0.2, 0) is 48.1 Å². The number of aliphatic carboxylic acids is 8. The van der Waals surface area contributed by atoms with Gasteiger partial charge in [-0.15, -0.1) is 0 Å². The Bertz CT molecular complexity index is 896. The molecule has 0 amide bonds. The number of carboxylic acid groups (broad SMARTS) is 8. The van der Waals surface area contributed by atoms with Crippen LogP contribution in [0.3, 0.4) is 0 Å². The monoisotopic (exact) mass is 614 g/mol. The summed E-state index contributed by atoms with van der Waals surface area (Å²) in [5.74, 6) is -13.0. The smallest absolute Gasteiger partial charge is 0.351 e. The summed E-state index contributed by atoms with van der Waals surface area (Å²) in [5, 5.41) is 73.3. The molecule has 0 fully saturated rings. The maximum absolute atomic E-state index is 11.9. The van der Waals surface area contributed by atoms with E-state index in [0.717, 1.165) is 9.80 Å². The first-order valence-corrected chi connectivity index (χ1v) is 11.4. The predicted octanol–water partition coefficient (Wildman–Crippen LogP) is -4.53. The first-order chi connectivity index (χ1) is 19.4. The first-order valence-electron chi connectivity index (χ1n) is 11.4. The van der Waals surface area contributed by atoms with Gasteiger partial charge in [-0.3, -0.25) is 48.4 Å². The molecule has 0 radical (unpaired) electrons. The highest BCUT2D eigenvalue weighted by atomic mass is 17.2. The van der Waals surface area contributed by atoms with Crippen LogP contribution >= 0.6 is 0 Å². The molecule has 2 unspecified atom stereocenters. The van der Waals surface area contributed by atoms with Gasteiger partial charge in [-0.1, -0.05) is 0 Å². The molecule has 0 aliphatic heterocycles. The molecule has 0 aromatic carbocycles. The summed E-state index contributed by atoms with van der Waals surface area (Å²) in [6.45, 7) is -7.85. The Balaban J connectivity index is 5.93. The van der Waals surface area contributed by atoms with Crippen molar-refractivity contribution in [2.75, 3.05) is 65.4 Å². The van der Waals surface area contributed by atoms with Gasteiger partial charge in [-0.25, -0.2) is 19.4 Å². The molecule has 0 aromatic heterocycles. The van der Waals surface area contributed by atoms with Crippen LogP contribution < -0.4 is 0 Å². The Hall–Kier alpha value is -4.48. The number of carboxylic acids is 8. The average Bonchev–Trinajstić information content (AvgIpc) is 2.79. The van der Waals surface area contributed by atoms with Crippen molar-refractivity contribution in [1.29, 1.82) is 0 Å². The third kappa shape index (κ3) is 16.6. The zero-order valence-electron chi connectivity index (χ0n) is 21.7. The molecule has 0 aromatic rings. The summed E-state index contributed by atoms with van der Waals surface area (Å²) < 4.78 is 0. The lowest BCUT2D eigenvalue weighted by Gasteiger charge is -2.31. The van der Waals surface area contributed by atoms with Crippen molar-refractivity contribution in [3.63, 3.8) is 0 Å². The van der Waals surface area contributed by atoms with Crippen LogP contribution in [0.4, 0.5) is 0 Å². The van der Waals surface area contributed by atoms with Crippen molar-refractivity contribution in [1.82, 2.24) is 19.6 Å². The van der Waals surface area contributed by atoms with Crippen LogP contribution in [0.2, 0.25) is 0 Å². The topological polar surface area (TPSA) is 330 Å². The highest BCUT2D eigenvalue weighted by molar-refractivity contribution is 5.76. The Morgan fingerprint density at radius 1 is 0.405 bits per heavy atom. The third-order valence-corrected chi connectivity index (χ3v) is 4.84. The summed E-state index contributed by atoms with van der Waals surface area (Å²) in [6, 6.07) is 0. The molecular formula is C20H30N4O18.